The number of hydrogen-bond acceptors (Lipinski definition) is 7. The monoisotopic (exact) mass is 242 g/mol. The maximum Gasteiger partial charge on any atom is 0.315 e. The first-order chi connectivity index (χ1) is 7.77. The number of hydrogen-bond donors (Lipinski definition) is 2. The Balaban J connectivity index is 1.91. The lowest BCUT2D eigenvalue weighted by Crippen LogP contribution is -2.49. The SMILES string of the molecule is O=C(Nc1nnns1)C(=O)N1CCNCC1. The Labute approximate surface area is 95.2 Å². The number of anilines is 1. The van der Waals surface area contributed by atoms with Crippen molar-refractivity contribution in [1.82, 2.24) is 25.0 Å². The summed E-state index contributed by atoms with van der Waals surface area (Å²) in [5, 5.41) is 12.5. The van der Waals surface area contributed by atoms with Crippen molar-refractivity contribution in [3.63, 3.8) is 0 Å². The molecule has 2 rings (SSSR count). The maximum absolute atomic E-state index is 11.6. The molecule has 86 valence electrons. The zero-order chi connectivity index (χ0) is 11.4. The third-order valence-electron chi connectivity index (χ3n) is 2.12. The van der Waals surface area contributed by atoms with Crippen molar-refractivity contribution in [2.45, 2.75) is 0 Å². The summed E-state index contributed by atoms with van der Waals surface area (Å²) >= 11 is 0.928. The smallest absolute Gasteiger partial charge is 0.315 e. The summed E-state index contributed by atoms with van der Waals surface area (Å²) in [7, 11) is 0. The van der Waals surface area contributed by atoms with E-state index in [0.717, 1.165) is 11.5 Å². The molecule has 2 heterocycles. The summed E-state index contributed by atoms with van der Waals surface area (Å²) in [6.07, 6.45) is 0. The standard InChI is InChI=1S/C7H10N6O2S/c14-5(9-7-10-11-12-16-7)6(15)13-3-1-8-2-4-13/h8H,1-4H2,(H,9,10,12,14). The van der Waals surface area contributed by atoms with E-state index in [-0.39, 0.29) is 5.13 Å². The molecule has 0 aliphatic carbocycles. The van der Waals surface area contributed by atoms with Crippen LogP contribution >= 0.6 is 11.5 Å². The molecule has 0 radical (unpaired) electrons. The number of rotatable bonds is 1. The van der Waals surface area contributed by atoms with E-state index in [2.05, 4.69) is 25.4 Å². The van der Waals surface area contributed by atoms with E-state index in [0.29, 0.717) is 26.2 Å². The van der Waals surface area contributed by atoms with Crippen LogP contribution in [-0.4, -0.2) is 57.7 Å². The molecule has 0 atom stereocenters. The molecule has 2 N–H and O–H groups in total. The van der Waals surface area contributed by atoms with Crippen LogP contribution in [-0.2, 0) is 9.59 Å². The van der Waals surface area contributed by atoms with Gasteiger partial charge in [-0.15, -0.1) is 0 Å². The van der Waals surface area contributed by atoms with Crippen LogP contribution in [0.4, 0.5) is 5.13 Å². The Kier molecular flexibility index (Phi) is 3.37. The highest BCUT2D eigenvalue weighted by Gasteiger charge is 2.23. The number of aromatic nitrogens is 3. The molecule has 1 aliphatic heterocycles. The molecular weight excluding hydrogens is 232 g/mol. The molecule has 9 heteroatoms. The summed E-state index contributed by atoms with van der Waals surface area (Å²) in [4.78, 5) is 24.6. The van der Waals surface area contributed by atoms with Gasteiger partial charge in [-0.2, -0.15) is 0 Å². The van der Waals surface area contributed by atoms with Crippen LogP contribution in [0, 0.1) is 0 Å². The van der Waals surface area contributed by atoms with E-state index < -0.39 is 11.8 Å². The van der Waals surface area contributed by atoms with Gasteiger partial charge in [-0.05, 0) is 5.21 Å². The van der Waals surface area contributed by atoms with E-state index in [1.54, 1.807) is 0 Å². The predicted octanol–water partition coefficient (Wildman–Crippen LogP) is -1.70. The van der Waals surface area contributed by atoms with Gasteiger partial charge in [0.1, 0.15) is 0 Å². The highest BCUT2D eigenvalue weighted by Crippen LogP contribution is 2.05. The average molecular weight is 242 g/mol. The van der Waals surface area contributed by atoms with Crippen molar-refractivity contribution in [1.29, 1.82) is 0 Å². The highest BCUT2D eigenvalue weighted by atomic mass is 32.1. The maximum atomic E-state index is 11.6. The second kappa shape index (κ2) is 4.94. The number of nitrogens with one attached hydrogen (secondary N) is 2. The molecule has 0 bridgehead atoms. The van der Waals surface area contributed by atoms with Gasteiger partial charge < -0.3 is 10.2 Å². The topological polar surface area (TPSA) is 100 Å². The molecule has 1 saturated heterocycles. The summed E-state index contributed by atoms with van der Waals surface area (Å²) in [5.74, 6) is -1.24. The van der Waals surface area contributed by atoms with E-state index in [1.807, 2.05) is 0 Å². The van der Waals surface area contributed by atoms with Crippen molar-refractivity contribution in [2.24, 2.45) is 0 Å². The first-order valence-electron chi connectivity index (χ1n) is 4.73. The van der Waals surface area contributed by atoms with Crippen molar-refractivity contribution < 1.29 is 9.59 Å². The highest BCUT2D eigenvalue weighted by molar-refractivity contribution is 7.09. The molecule has 1 fully saturated rings. The molecule has 1 aromatic rings. The van der Waals surface area contributed by atoms with Crippen LogP contribution in [0.15, 0.2) is 0 Å². The average Bonchev–Trinajstić information content (AvgIpc) is 2.82. The second-order valence-electron chi connectivity index (χ2n) is 3.16. The van der Waals surface area contributed by atoms with Crippen LogP contribution in [0.25, 0.3) is 0 Å². The number of nitrogens with zero attached hydrogens (tertiary/aromatic N) is 4. The third kappa shape index (κ3) is 2.49. The first kappa shape index (κ1) is 10.9. The number of amides is 2. The van der Waals surface area contributed by atoms with Crippen LogP contribution in [0.5, 0.6) is 0 Å². The van der Waals surface area contributed by atoms with Gasteiger partial charge in [0.2, 0.25) is 5.13 Å². The van der Waals surface area contributed by atoms with Gasteiger partial charge >= 0.3 is 11.8 Å². The Hall–Kier alpha value is -1.61. The Morgan fingerprint density at radius 1 is 1.38 bits per heavy atom. The Bertz CT molecular complexity index is 374. The largest absolute Gasteiger partial charge is 0.332 e. The quantitative estimate of drug-likeness (QED) is 0.570. The molecule has 16 heavy (non-hydrogen) atoms. The van der Waals surface area contributed by atoms with Crippen LogP contribution in [0.1, 0.15) is 0 Å². The van der Waals surface area contributed by atoms with Gasteiger partial charge in [0.05, 0.1) is 0 Å². The van der Waals surface area contributed by atoms with Gasteiger partial charge in [-0.3, -0.25) is 14.9 Å². The van der Waals surface area contributed by atoms with Crippen LogP contribution in [0.3, 0.4) is 0 Å². The predicted molar refractivity (Wildman–Crippen MR) is 55.8 cm³/mol. The molecule has 2 amide bonds. The molecule has 0 saturated carbocycles. The summed E-state index contributed by atoms with van der Waals surface area (Å²) in [6.45, 7) is 2.50. The van der Waals surface area contributed by atoms with Crippen LogP contribution in [0.2, 0.25) is 0 Å². The van der Waals surface area contributed by atoms with Gasteiger partial charge in [0.15, 0.2) is 0 Å². The van der Waals surface area contributed by atoms with Gasteiger partial charge in [0, 0.05) is 37.7 Å². The van der Waals surface area contributed by atoms with E-state index >= 15 is 0 Å². The summed E-state index contributed by atoms with van der Waals surface area (Å²) < 4.78 is 3.48. The normalized spacial score (nSPS) is 15.9. The van der Waals surface area contributed by atoms with Crippen LogP contribution < -0.4 is 10.6 Å². The van der Waals surface area contributed by atoms with Gasteiger partial charge in [-0.25, -0.2) is 0 Å². The van der Waals surface area contributed by atoms with E-state index in [1.165, 1.54) is 4.90 Å². The Morgan fingerprint density at radius 3 is 2.75 bits per heavy atom. The minimum atomic E-state index is -0.694. The molecule has 0 spiro atoms. The molecule has 0 aromatic carbocycles. The van der Waals surface area contributed by atoms with Crippen molar-refractivity contribution in [3.8, 4) is 0 Å². The number of carbonyl (C=O) groups is 2. The van der Waals surface area contributed by atoms with Gasteiger partial charge in [-0.1, -0.05) is 9.59 Å². The number of piperazine rings is 1. The fourth-order valence-electron chi connectivity index (χ4n) is 1.34. The Morgan fingerprint density at radius 2 is 2.12 bits per heavy atom. The fraction of sp³-hybridized carbons (Fsp3) is 0.571. The fourth-order valence-corrected chi connectivity index (χ4v) is 1.71. The first-order valence-corrected chi connectivity index (χ1v) is 5.51. The minimum absolute atomic E-state index is 0.230. The second-order valence-corrected chi connectivity index (χ2v) is 3.90. The van der Waals surface area contributed by atoms with E-state index in [4.69, 9.17) is 0 Å². The third-order valence-corrected chi connectivity index (χ3v) is 2.63. The van der Waals surface area contributed by atoms with Crippen molar-refractivity contribution in [3.05, 3.63) is 0 Å². The zero-order valence-electron chi connectivity index (χ0n) is 8.34. The number of carbonyl (C=O) groups excluding carboxylic acids is 2. The molecule has 1 aromatic heterocycles. The summed E-state index contributed by atoms with van der Waals surface area (Å²) in [5.41, 5.74) is 0. The lowest BCUT2D eigenvalue weighted by molar-refractivity contribution is -0.143. The molecule has 0 unspecified atom stereocenters. The minimum Gasteiger partial charge on any atom is -0.332 e. The van der Waals surface area contributed by atoms with Crippen molar-refractivity contribution in [2.75, 3.05) is 31.5 Å². The van der Waals surface area contributed by atoms with Gasteiger partial charge in [0.25, 0.3) is 0 Å². The van der Waals surface area contributed by atoms with Crippen molar-refractivity contribution >= 4 is 28.5 Å². The molecule has 8 nitrogen and oxygen atoms in total. The lowest BCUT2D eigenvalue weighted by Gasteiger charge is -2.26. The zero-order valence-corrected chi connectivity index (χ0v) is 9.16. The summed E-state index contributed by atoms with van der Waals surface area (Å²) in [6, 6.07) is 0. The lowest BCUT2D eigenvalue weighted by atomic mass is 10.3. The molecular formula is C7H10N6O2S. The molecule has 1 aliphatic rings. The van der Waals surface area contributed by atoms with E-state index in [9.17, 15) is 9.59 Å².